The number of hydrogen-bond acceptors (Lipinski definition) is 4. The fourth-order valence-corrected chi connectivity index (χ4v) is 3.05. The molecule has 24 heavy (non-hydrogen) atoms. The molecule has 126 valence electrons. The van der Waals surface area contributed by atoms with Crippen LogP contribution in [0, 0.1) is 13.8 Å². The highest BCUT2D eigenvalue weighted by Crippen LogP contribution is 2.22. The van der Waals surface area contributed by atoms with E-state index in [0.29, 0.717) is 10.7 Å². The van der Waals surface area contributed by atoms with Crippen molar-refractivity contribution in [1.29, 1.82) is 0 Å². The molecule has 0 bridgehead atoms. The van der Waals surface area contributed by atoms with Crippen LogP contribution in [-0.4, -0.2) is 24.2 Å². The Bertz CT molecular complexity index is 749. The second-order valence-electron chi connectivity index (χ2n) is 5.22. The zero-order chi connectivity index (χ0) is 17.5. The number of amides is 1. The molecule has 0 aliphatic rings. The number of anilines is 1. The van der Waals surface area contributed by atoms with Gasteiger partial charge in [0, 0.05) is 15.6 Å². The summed E-state index contributed by atoms with van der Waals surface area (Å²) in [6, 6.07) is 12.9. The van der Waals surface area contributed by atoms with Gasteiger partial charge in [-0.25, -0.2) is 0 Å². The Morgan fingerprint density at radius 1 is 1.12 bits per heavy atom. The molecule has 0 fully saturated rings. The largest absolute Gasteiger partial charge is 0.455 e. The van der Waals surface area contributed by atoms with Crippen molar-refractivity contribution in [2.24, 2.45) is 0 Å². The van der Waals surface area contributed by atoms with E-state index in [4.69, 9.17) is 16.3 Å². The van der Waals surface area contributed by atoms with Gasteiger partial charge in [0.15, 0.2) is 6.61 Å². The lowest BCUT2D eigenvalue weighted by molar-refractivity contribution is -0.144. The van der Waals surface area contributed by atoms with Crippen LogP contribution in [0.1, 0.15) is 11.1 Å². The van der Waals surface area contributed by atoms with E-state index in [2.05, 4.69) is 5.32 Å². The van der Waals surface area contributed by atoms with Gasteiger partial charge in [-0.15, -0.1) is 11.8 Å². The lowest BCUT2D eigenvalue weighted by Gasteiger charge is -2.09. The Balaban J connectivity index is 1.77. The van der Waals surface area contributed by atoms with Crippen LogP contribution in [-0.2, 0) is 14.3 Å². The fourth-order valence-electron chi connectivity index (χ4n) is 2.00. The van der Waals surface area contributed by atoms with E-state index >= 15 is 0 Å². The van der Waals surface area contributed by atoms with Gasteiger partial charge in [0.05, 0.1) is 5.75 Å². The molecular formula is C18H18ClNO3S. The smallest absolute Gasteiger partial charge is 0.316 e. The lowest BCUT2D eigenvalue weighted by atomic mass is 10.2. The zero-order valence-corrected chi connectivity index (χ0v) is 15.0. The lowest BCUT2D eigenvalue weighted by Crippen LogP contribution is -2.22. The Morgan fingerprint density at radius 2 is 1.88 bits per heavy atom. The van der Waals surface area contributed by atoms with Crippen LogP contribution < -0.4 is 5.32 Å². The van der Waals surface area contributed by atoms with Crippen LogP contribution in [0.4, 0.5) is 5.69 Å². The number of halogens is 1. The maximum absolute atomic E-state index is 11.9. The highest BCUT2D eigenvalue weighted by molar-refractivity contribution is 8.00. The average molecular weight is 364 g/mol. The minimum Gasteiger partial charge on any atom is -0.455 e. The molecule has 4 nitrogen and oxygen atoms in total. The number of hydrogen-bond donors (Lipinski definition) is 1. The summed E-state index contributed by atoms with van der Waals surface area (Å²) in [4.78, 5) is 24.6. The Hall–Kier alpha value is -1.98. The van der Waals surface area contributed by atoms with E-state index in [1.165, 1.54) is 11.8 Å². The number of nitrogens with one attached hydrogen (secondary N) is 1. The summed E-state index contributed by atoms with van der Waals surface area (Å²) in [5.41, 5.74) is 2.60. The summed E-state index contributed by atoms with van der Waals surface area (Å²) in [7, 11) is 0. The van der Waals surface area contributed by atoms with Gasteiger partial charge in [0.2, 0.25) is 0 Å². The third kappa shape index (κ3) is 5.58. The van der Waals surface area contributed by atoms with Crippen LogP contribution in [0.3, 0.4) is 0 Å². The van der Waals surface area contributed by atoms with E-state index < -0.39 is 5.97 Å². The predicted molar refractivity (Wildman–Crippen MR) is 97.7 cm³/mol. The number of carbonyl (C=O) groups is 2. The van der Waals surface area contributed by atoms with E-state index in [1.54, 1.807) is 18.2 Å². The van der Waals surface area contributed by atoms with Crippen LogP contribution in [0.5, 0.6) is 0 Å². The highest BCUT2D eigenvalue weighted by Gasteiger charge is 2.10. The molecule has 1 amide bonds. The number of rotatable bonds is 6. The fraction of sp³-hybridized carbons (Fsp3) is 0.222. The van der Waals surface area contributed by atoms with Crippen molar-refractivity contribution in [2.45, 2.75) is 18.7 Å². The zero-order valence-electron chi connectivity index (χ0n) is 13.5. The van der Waals surface area contributed by atoms with Gasteiger partial charge in [-0.3, -0.25) is 9.59 Å². The first-order chi connectivity index (χ1) is 11.5. The highest BCUT2D eigenvalue weighted by atomic mass is 35.5. The van der Waals surface area contributed by atoms with Crippen LogP contribution >= 0.6 is 23.4 Å². The number of thioether (sulfide) groups is 1. The minimum absolute atomic E-state index is 0.165. The maximum atomic E-state index is 11.9. The third-order valence-corrected chi connectivity index (χ3v) is 4.65. The Kier molecular flexibility index (Phi) is 6.70. The van der Waals surface area contributed by atoms with Gasteiger partial charge in [-0.2, -0.15) is 0 Å². The first kappa shape index (κ1) is 18.4. The summed E-state index contributed by atoms with van der Waals surface area (Å²) in [5.74, 6) is -0.640. The van der Waals surface area contributed by atoms with Crippen LogP contribution in [0.25, 0.3) is 0 Å². The van der Waals surface area contributed by atoms with E-state index in [0.717, 1.165) is 16.0 Å². The van der Waals surface area contributed by atoms with Gasteiger partial charge in [0.25, 0.3) is 5.91 Å². The number of esters is 1. The van der Waals surface area contributed by atoms with Crippen LogP contribution in [0.15, 0.2) is 47.4 Å². The average Bonchev–Trinajstić information content (AvgIpc) is 2.55. The van der Waals surface area contributed by atoms with Gasteiger partial charge < -0.3 is 10.1 Å². The van der Waals surface area contributed by atoms with Crippen molar-refractivity contribution in [3.8, 4) is 0 Å². The van der Waals surface area contributed by atoms with Gasteiger partial charge in [-0.1, -0.05) is 29.8 Å². The molecule has 0 aromatic heterocycles. The third-order valence-electron chi connectivity index (χ3n) is 3.27. The van der Waals surface area contributed by atoms with Crippen LogP contribution in [0.2, 0.25) is 5.02 Å². The van der Waals surface area contributed by atoms with Crippen molar-refractivity contribution >= 4 is 40.9 Å². The van der Waals surface area contributed by atoms with Gasteiger partial charge >= 0.3 is 5.97 Å². The first-order valence-corrected chi connectivity index (χ1v) is 8.72. The molecule has 0 atom stereocenters. The summed E-state index contributed by atoms with van der Waals surface area (Å²) in [6.45, 7) is 3.51. The SMILES string of the molecule is Cc1cc(Cl)ccc1NC(=O)COC(=O)CSc1ccccc1C. The molecule has 0 spiro atoms. The second kappa shape index (κ2) is 8.76. The Morgan fingerprint density at radius 3 is 2.58 bits per heavy atom. The summed E-state index contributed by atoms with van der Waals surface area (Å²) >= 11 is 7.26. The number of aryl methyl sites for hydroxylation is 2. The van der Waals surface area contributed by atoms with E-state index in [-0.39, 0.29) is 18.3 Å². The molecule has 0 saturated carbocycles. The topological polar surface area (TPSA) is 55.4 Å². The minimum atomic E-state index is -0.425. The number of carbonyl (C=O) groups excluding carboxylic acids is 2. The maximum Gasteiger partial charge on any atom is 0.316 e. The normalized spacial score (nSPS) is 10.3. The Labute approximate surface area is 150 Å². The molecule has 0 saturated heterocycles. The van der Waals surface area contributed by atoms with Crippen molar-refractivity contribution in [1.82, 2.24) is 0 Å². The molecule has 6 heteroatoms. The molecule has 2 aromatic rings. The summed E-state index contributed by atoms with van der Waals surface area (Å²) < 4.78 is 5.00. The van der Waals surface area contributed by atoms with Crippen molar-refractivity contribution in [2.75, 3.05) is 17.7 Å². The summed E-state index contributed by atoms with van der Waals surface area (Å²) in [6.07, 6.45) is 0. The molecule has 0 unspecified atom stereocenters. The molecule has 2 aromatic carbocycles. The molecule has 0 heterocycles. The summed E-state index contributed by atoms with van der Waals surface area (Å²) in [5, 5.41) is 3.30. The molecule has 0 aliphatic heterocycles. The monoisotopic (exact) mass is 363 g/mol. The van der Waals surface area contributed by atoms with E-state index in [9.17, 15) is 9.59 Å². The number of benzene rings is 2. The number of ether oxygens (including phenoxy) is 1. The quantitative estimate of drug-likeness (QED) is 0.616. The standard InChI is InChI=1S/C18H18ClNO3S/c1-12-5-3-4-6-16(12)24-11-18(22)23-10-17(21)20-15-8-7-14(19)9-13(15)2/h3-9H,10-11H2,1-2H3,(H,20,21). The van der Waals surface area contributed by atoms with Crippen molar-refractivity contribution in [3.63, 3.8) is 0 Å². The van der Waals surface area contributed by atoms with E-state index in [1.807, 2.05) is 38.1 Å². The molecule has 0 radical (unpaired) electrons. The molecule has 1 N–H and O–H groups in total. The van der Waals surface area contributed by atoms with Crippen molar-refractivity contribution in [3.05, 3.63) is 58.6 Å². The van der Waals surface area contributed by atoms with Crippen molar-refractivity contribution < 1.29 is 14.3 Å². The molecular weight excluding hydrogens is 346 g/mol. The first-order valence-electron chi connectivity index (χ1n) is 7.36. The second-order valence-corrected chi connectivity index (χ2v) is 6.68. The molecule has 0 aliphatic carbocycles. The van der Waals surface area contributed by atoms with Gasteiger partial charge in [-0.05, 0) is 49.2 Å². The van der Waals surface area contributed by atoms with Gasteiger partial charge in [0.1, 0.15) is 0 Å². The predicted octanol–water partition coefficient (Wildman–Crippen LogP) is 4.23. The molecule has 2 rings (SSSR count).